The third-order valence-electron chi connectivity index (χ3n) is 3.16. The van der Waals surface area contributed by atoms with Crippen molar-refractivity contribution in [1.82, 2.24) is 14.4 Å². The van der Waals surface area contributed by atoms with Gasteiger partial charge < -0.3 is 10.2 Å². The lowest BCUT2D eigenvalue weighted by molar-refractivity contribution is 0.102. The van der Waals surface area contributed by atoms with E-state index in [0.29, 0.717) is 22.2 Å². The number of halogens is 1. The van der Waals surface area contributed by atoms with Crippen LogP contribution in [0.2, 0.25) is 5.02 Å². The smallest absolute Gasteiger partial charge is 0.276 e. The van der Waals surface area contributed by atoms with Gasteiger partial charge in [0.1, 0.15) is 5.69 Å². The van der Waals surface area contributed by atoms with E-state index < -0.39 is 0 Å². The van der Waals surface area contributed by atoms with Crippen LogP contribution in [-0.2, 0) is 0 Å². The SMILES string of the molecule is CN(C)c1ccc(Cl)cc1NC(=O)c1cn2cccnc2n1. The van der Waals surface area contributed by atoms with Crippen LogP contribution in [0, 0.1) is 0 Å². The maximum atomic E-state index is 12.4. The summed E-state index contributed by atoms with van der Waals surface area (Å²) in [5.41, 5.74) is 1.79. The zero-order valence-electron chi connectivity index (χ0n) is 12.1. The zero-order valence-corrected chi connectivity index (χ0v) is 12.9. The van der Waals surface area contributed by atoms with Crippen molar-refractivity contribution in [3.63, 3.8) is 0 Å². The highest BCUT2D eigenvalue weighted by molar-refractivity contribution is 6.31. The first-order valence-electron chi connectivity index (χ1n) is 6.62. The Morgan fingerprint density at radius 2 is 2.18 bits per heavy atom. The van der Waals surface area contributed by atoms with Crippen LogP contribution in [0.4, 0.5) is 11.4 Å². The molecule has 0 spiro atoms. The summed E-state index contributed by atoms with van der Waals surface area (Å²) in [5.74, 6) is 0.169. The molecule has 1 aromatic carbocycles. The third-order valence-corrected chi connectivity index (χ3v) is 3.39. The van der Waals surface area contributed by atoms with E-state index in [1.807, 2.05) is 25.1 Å². The van der Waals surface area contributed by atoms with E-state index in [-0.39, 0.29) is 5.91 Å². The van der Waals surface area contributed by atoms with E-state index >= 15 is 0 Å². The molecular formula is C15H14ClN5O. The molecule has 3 aromatic rings. The maximum absolute atomic E-state index is 12.4. The van der Waals surface area contributed by atoms with E-state index in [2.05, 4.69) is 15.3 Å². The normalized spacial score (nSPS) is 10.7. The minimum absolute atomic E-state index is 0.295. The van der Waals surface area contributed by atoms with Gasteiger partial charge in [0.2, 0.25) is 5.78 Å². The molecule has 0 radical (unpaired) electrons. The van der Waals surface area contributed by atoms with E-state index in [0.717, 1.165) is 5.69 Å². The Kier molecular flexibility index (Phi) is 3.68. The zero-order chi connectivity index (χ0) is 15.7. The minimum Gasteiger partial charge on any atom is -0.376 e. The second-order valence-electron chi connectivity index (χ2n) is 4.96. The van der Waals surface area contributed by atoms with E-state index in [1.165, 1.54) is 0 Å². The number of aromatic nitrogens is 3. The monoisotopic (exact) mass is 315 g/mol. The lowest BCUT2D eigenvalue weighted by Crippen LogP contribution is -2.17. The Labute approximate surface area is 132 Å². The Bertz CT molecular complexity index is 810. The number of benzene rings is 1. The molecule has 0 atom stereocenters. The molecule has 0 unspecified atom stereocenters. The number of anilines is 2. The Hall–Kier alpha value is -2.60. The summed E-state index contributed by atoms with van der Waals surface area (Å²) in [6.45, 7) is 0. The molecule has 6 nitrogen and oxygen atoms in total. The van der Waals surface area contributed by atoms with Crippen molar-refractivity contribution in [3.8, 4) is 0 Å². The number of nitrogens with one attached hydrogen (secondary N) is 1. The highest BCUT2D eigenvalue weighted by Crippen LogP contribution is 2.28. The highest BCUT2D eigenvalue weighted by atomic mass is 35.5. The van der Waals surface area contributed by atoms with Crippen LogP contribution in [0.3, 0.4) is 0 Å². The van der Waals surface area contributed by atoms with Crippen LogP contribution in [0.25, 0.3) is 5.78 Å². The molecule has 1 amide bonds. The minimum atomic E-state index is -0.309. The molecule has 0 saturated heterocycles. The number of carbonyl (C=O) groups is 1. The van der Waals surface area contributed by atoms with Gasteiger partial charge in [-0.15, -0.1) is 0 Å². The number of hydrogen-bond acceptors (Lipinski definition) is 4. The summed E-state index contributed by atoms with van der Waals surface area (Å²) >= 11 is 6.02. The first kappa shape index (κ1) is 14.3. The predicted molar refractivity (Wildman–Crippen MR) is 86.7 cm³/mol. The number of nitrogens with zero attached hydrogens (tertiary/aromatic N) is 4. The number of rotatable bonds is 3. The van der Waals surface area contributed by atoms with Gasteiger partial charge in [0, 0.05) is 37.7 Å². The Morgan fingerprint density at radius 3 is 2.91 bits per heavy atom. The van der Waals surface area contributed by atoms with Gasteiger partial charge in [-0.2, -0.15) is 0 Å². The number of amides is 1. The molecular weight excluding hydrogens is 302 g/mol. The summed E-state index contributed by atoms with van der Waals surface area (Å²) in [6, 6.07) is 7.12. The summed E-state index contributed by atoms with van der Waals surface area (Å²) < 4.78 is 1.69. The van der Waals surface area contributed by atoms with Gasteiger partial charge in [-0.3, -0.25) is 9.20 Å². The fourth-order valence-corrected chi connectivity index (χ4v) is 2.30. The van der Waals surface area contributed by atoms with Gasteiger partial charge in [-0.25, -0.2) is 9.97 Å². The summed E-state index contributed by atoms with van der Waals surface area (Å²) in [5, 5.41) is 3.39. The average Bonchev–Trinajstić information content (AvgIpc) is 2.91. The molecule has 2 aromatic heterocycles. The van der Waals surface area contributed by atoms with Gasteiger partial charge in [-0.05, 0) is 24.3 Å². The molecule has 2 heterocycles. The van der Waals surface area contributed by atoms with Gasteiger partial charge in [0.15, 0.2) is 0 Å². The van der Waals surface area contributed by atoms with Crippen molar-refractivity contribution in [2.45, 2.75) is 0 Å². The standard InChI is InChI=1S/C15H14ClN5O/c1-20(2)13-5-4-10(16)8-11(13)18-14(22)12-9-21-7-3-6-17-15(21)19-12/h3-9H,1-2H3,(H,18,22). The first-order valence-corrected chi connectivity index (χ1v) is 7.00. The van der Waals surface area contributed by atoms with Crippen molar-refractivity contribution in [2.75, 3.05) is 24.3 Å². The van der Waals surface area contributed by atoms with Crippen LogP contribution < -0.4 is 10.2 Å². The van der Waals surface area contributed by atoms with Gasteiger partial charge in [0.25, 0.3) is 5.91 Å². The summed E-state index contributed by atoms with van der Waals surface area (Å²) in [7, 11) is 3.79. The van der Waals surface area contributed by atoms with Crippen LogP contribution in [0.5, 0.6) is 0 Å². The topological polar surface area (TPSA) is 62.5 Å². The van der Waals surface area contributed by atoms with Gasteiger partial charge in [-0.1, -0.05) is 11.6 Å². The number of carbonyl (C=O) groups excluding carboxylic acids is 1. The van der Waals surface area contributed by atoms with Crippen LogP contribution in [0.1, 0.15) is 10.5 Å². The molecule has 0 aliphatic rings. The molecule has 1 N–H and O–H groups in total. The lowest BCUT2D eigenvalue weighted by atomic mass is 10.2. The fraction of sp³-hybridized carbons (Fsp3) is 0.133. The third kappa shape index (κ3) is 2.73. The Morgan fingerprint density at radius 1 is 1.36 bits per heavy atom. The molecule has 0 aliphatic heterocycles. The van der Waals surface area contributed by atoms with E-state index in [1.54, 1.807) is 41.2 Å². The van der Waals surface area contributed by atoms with Crippen molar-refractivity contribution in [3.05, 3.63) is 53.6 Å². The van der Waals surface area contributed by atoms with Crippen molar-refractivity contribution in [2.24, 2.45) is 0 Å². The molecule has 0 aliphatic carbocycles. The van der Waals surface area contributed by atoms with Crippen LogP contribution >= 0.6 is 11.6 Å². The molecule has 0 bridgehead atoms. The van der Waals surface area contributed by atoms with E-state index in [4.69, 9.17) is 11.6 Å². The molecule has 22 heavy (non-hydrogen) atoms. The first-order chi connectivity index (χ1) is 10.5. The number of imidazole rings is 1. The fourth-order valence-electron chi connectivity index (χ4n) is 2.12. The summed E-state index contributed by atoms with van der Waals surface area (Å²) in [6.07, 6.45) is 5.05. The van der Waals surface area contributed by atoms with Crippen LogP contribution in [-0.4, -0.2) is 34.4 Å². The lowest BCUT2D eigenvalue weighted by Gasteiger charge is -2.17. The maximum Gasteiger partial charge on any atom is 0.276 e. The predicted octanol–water partition coefficient (Wildman–Crippen LogP) is 2.70. The quantitative estimate of drug-likeness (QED) is 0.807. The molecule has 3 rings (SSSR count). The number of hydrogen-bond donors (Lipinski definition) is 1. The van der Waals surface area contributed by atoms with E-state index in [9.17, 15) is 4.79 Å². The molecule has 112 valence electrons. The molecule has 7 heteroatoms. The van der Waals surface area contributed by atoms with Gasteiger partial charge >= 0.3 is 0 Å². The highest BCUT2D eigenvalue weighted by Gasteiger charge is 2.14. The number of fused-ring (bicyclic) bond motifs is 1. The van der Waals surface area contributed by atoms with Crippen LogP contribution in [0.15, 0.2) is 42.9 Å². The summed E-state index contributed by atoms with van der Waals surface area (Å²) in [4.78, 5) is 22.6. The second-order valence-corrected chi connectivity index (χ2v) is 5.40. The Balaban J connectivity index is 1.92. The second kappa shape index (κ2) is 5.65. The van der Waals surface area contributed by atoms with Crippen molar-refractivity contribution < 1.29 is 4.79 Å². The van der Waals surface area contributed by atoms with Gasteiger partial charge in [0.05, 0.1) is 11.4 Å². The average molecular weight is 316 g/mol. The largest absolute Gasteiger partial charge is 0.376 e. The van der Waals surface area contributed by atoms with Crippen molar-refractivity contribution in [1.29, 1.82) is 0 Å². The molecule has 0 fully saturated rings. The van der Waals surface area contributed by atoms with Crippen molar-refractivity contribution >= 4 is 34.7 Å². The molecule has 0 saturated carbocycles.